The molecule has 3 aliphatic rings. The standard InChI is InChI=1S/C27H37ClN6O/c1-34-25(35)27(33-26(34)29,13-12-18-6-3-2-4-7-18)16-19-8-5-9-21(14-19)31-24-17-30-23-15-20(28)10-11-22(23)32-24/h10-11,15,17-19,21H,2-9,12-14,16H2,1H3,(H2,29,33)(H,31,32)/t19-,21?,27+/m1/s1. The Hall–Kier alpha value is -2.41. The zero-order valence-corrected chi connectivity index (χ0v) is 21.4. The lowest BCUT2D eigenvalue weighted by molar-refractivity contribution is -0.131. The van der Waals surface area contributed by atoms with E-state index in [1.807, 2.05) is 18.2 Å². The van der Waals surface area contributed by atoms with E-state index in [0.29, 0.717) is 22.9 Å². The number of fused-ring (bicyclic) bond motifs is 1. The van der Waals surface area contributed by atoms with Crippen molar-refractivity contribution in [3.05, 3.63) is 29.4 Å². The summed E-state index contributed by atoms with van der Waals surface area (Å²) >= 11 is 6.08. The van der Waals surface area contributed by atoms with Crippen molar-refractivity contribution in [2.75, 3.05) is 12.4 Å². The summed E-state index contributed by atoms with van der Waals surface area (Å²) in [4.78, 5) is 29.0. The van der Waals surface area contributed by atoms with Gasteiger partial charge in [-0.1, -0.05) is 56.5 Å². The molecule has 2 fully saturated rings. The number of carbonyl (C=O) groups excluding carboxylic acids is 1. The summed E-state index contributed by atoms with van der Waals surface area (Å²) in [6.45, 7) is 0. The lowest BCUT2D eigenvalue weighted by atomic mass is 9.74. The highest BCUT2D eigenvalue weighted by atomic mass is 35.5. The van der Waals surface area contributed by atoms with Crippen LogP contribution in [0.15, 0.2) is 29.4 Å². The molecule has 0 radical (unpaired) electrons. The molecule has 1 aromatic heterocycles. The monoisotopic (exact) mass is 496 g/mol. The number of aromatic nitrogens is 2. The third-order valence-corrected chi connectivity index (χ3v) is 8.57. The number of halogens is 1. The van der Waals surface area contributed by atoms with Crippen LogP contribution in [0.4, 0.5) is 5.82 Å². The van der Waals surface area contributed by atoms with Crippen LogP contribution in [-0.4, -0.2) is 45.4 Å². The first-order valence-corrected chi connectivity index (χ1v) is 13.6. The van der Waals surface area contributed by atoms with Crippen LogP contribution in [0.25, 0.3) is 11.0 Å². The zero-order valence-electron chi connectivity index (χ0n) is 20.7. The number of nitrogens with zero attached hydrogens (tertiary/aromatic N) is 4. The Labute approximate surface area is 212 Å². The highest BCUT2D eigenvalue weighted by Gasteiger charge is 2.48. The van der Waals surface area contributed by atoms with Gasteiger partial charge in [0, 0.05) is 18.1 Å². The second-order valence-electron chi connectivity index (χ2n) is 10.9. The first kappa shape index (κ1) is 24.3. The fourth-order valence-electron chi connectivity index (χ4n) is 6.42. The molecule has 1 aromatic carbocycles. The topological polar surface area (TPSA) is 96.5 Å². The molecule has 2 aliphatic carbocycles. The number of anilines is 1. The van der Waals surface area contributed by atoms with Gasteiger partial charge in [0.2, 0.25) is 0 Å². The van der Waals surface area contributed by atoms with Crippen molar-refractivity contribution in [1.29, 1.82) is 0 Å². The summed E-state index contributed by atoms with van der Waals surface area (Å²) in [5, 5.41) is 4.27. The molecule has 1 unspecified atom stereocenters. The Balaban J connectivity index is 1.26. The van der Waals surface area contributed by atoms with Crippen LogP contribution in [0.2, 0.25) is 5.02 Å². The van der Waals surface area contributed by atoms with Gasteiger partial charge in [0.15, 0.2) is 5.96 Å². The van der Waals surface area contributed by atoms with Gasteiger partial charge in [-0.05, 0) is 62.1 Å². The van der Waals surface area contributed by atoms with Crippen LogP contribution >= 0.6 is 11.6 Å². The van der Waals surface area contributed by atoms with E-state index >= 15 is 0 Å². The Morgan fingerprint density at radius 2 is 1.91 bits per heavy atom. The number of rotatable bonds is 7. The molecule has 0 saturated heterocycles. The van der Waals surface area contributed by atoms with Gasteiger partial charge in [0.25, 0.3) is 5.91 Å². The van der Waals surface area contributed by atoms with E-state index in [4.69, 9.17) is 27.3 Å². The maximum absolute atomic E-state index is 13.4. The highest BCUT2D eigenvalue weighted by Crippen LogP contribution is 2.41. The Bertz CT molecular complexity index is 1100. The molecule has 0 spiro atoms. The number of likely N-dealkylation sites (N-methyl/N-ethyl adjacent to an activating group) is 1. The van der Waals surface area contributed by atoms with Crippen LogP contribution in [0.3, 0.4) is 0 Å². The van der Waals surface area contributed by atoms with Crippen molar-refractivity contribution in [3.8, 4) is 0 Å². The van der Waals surface area contributed by atoms with E-state index < -0.39 is 5.54 Å². The van der Waals surface area contributed by atoms with Gasteiger partial charge in [-0.2, -0.15) is 0 Å². The van der Waals surface area contributed by atoms with Crippen LogP contribution in [0.1, 0.15) is 77.0 Å². The third kappa shape index (κ3) is 5.40. The fraction of sp³-hybridized carbons (Fsp3) is 0.630. The first-order valence-electron chi connectivity index (χ1n) is 13.2. The molecule has 1 aliphatic heterocycles. The number of aliphatic imine (C=N–C) groups is 1. The minimum Gasteiger partial charge on any atom is -0.369 e. The van der Waals surface area contributed by atoms with E-state index in [9.17, 15) is 4.79 Å². The van der Waals surface area contributed by atoms with Gasteiger partial charge >= 0.3 is 0 Å². The lowest BCUT2D eigenvalue weighted by Crippen LogP contribution is -2.44. The summed E-state index contributed by atoms with van der Waals surface area (Å²) in [5.74, 6) is 2.39. The molecule has 0 bridgehead atoms. The molecular weight excluding hydrogens is 460 g/mol. The van der Waals surface area contributed by atoms with E-state index in [1.54, 1.807) is 18.1 Å². The van der Waals surface area contributed by atoms with Gasteiger partial charge in [-0.15, -0.1) is 0 Å². The van der Waals surface area contributed by atoms with Gasteiger partial charge < -0.3 is 11.1 Å². The van der Waals surface area contributed by atoms with Crippen molar-refractivity contribution >= 4 is 40.3 Å². The van der Waals surface area contributed by atoms with E-state index in [2.05, 4.69) is 10.3 Å². The van der Waals surface area contributed by atoms with Crippen LogP contribution < -0.4 is 11.1 Å². The molecular formula is C27H37ClN6O. The number of nitrogens with one attached hydrogen (secondary N) is 1. The van der Waals surface area contributed by atoms with Crippen molar-refractivity contribution in [1.82, 2.24) is 14.9 Å². The maximum Gasteiger partial charge on any atom is 0.257 e. The van der Waals surface area contributed by atoms with Crippen LogP contribution in [0, 0.1) is 11.8 Å². The SMILES string of the molecule is CN1C(=O)[C@](CCC2CCCCC2)(C[C@@H]2CCCC(Nc3cnc4cc(Cl)ccc4n3)C2)N=C1N. The smallest absolute Gasteiger partial charge is 0.257 e. The highest BCUT2D eigenvalue weighted by molar-refractivity contribution is 6.31. The number of hydrogen-bond donors (Lipinski definition) is 2. The molecule has 188 valence electrons. The van der Waals surface area contributed by atoms with Crippen molar-refractivity contribution in [2.24, 2.45) is 22.6 Å². The van der Waals surface area contributed by atoms with E-state index in [1.165, 1.54) is 32.1 Å². The summed E-state index contributed by atoms with van der Waals surface area (Å²) in [5.41, 5.74) is 7.10. The minimum atomic E-state index is -0.690. The van der Waals surface area contributed by atoms with Crippen LogP contribution in [-0.2, 0) is 4.79 Å². The number of amides is 1. The molecule has 7 nitrogen and oxygen atoms in total. The predicted octanol–water partition coefficient (Wildman–Crippen LogP) is 5.53. The number of nitrogens with two attached hydrogens (primary N) is 1. The van der Waals surface area contributed by atoms with Crippen molar-refractivity contribution < 1.29 is 4.79 Å². The molecule has 1 amide bonds. The summed E-state index contributed by atoms with van der Waals surface area (Å²) in [6, 6.07) is 5.88. The second kappa shape index (κ2) is 10.3. The molecule has 8 heteroatoms. The normalized spacial score (nSPS) is 27.9. The third-order valence-electron chi connectivity index (χ3n) is 8.33. The largest absolute Gasteiger partial charge is 0.369 e. The van der Waals surface area contributed by atoms with E-state index in [0.717, 1.165) is 67.7 Å². The van der Waals surface area contributed by atoms with Gasteiger partial charge in [-0.3, -0.25) is 14.7 Å². The Morgan fingerprint density at radius 1 is 1.11 bits per heavy atom. The Kier molecular flexibility index (Phi) is 7.14. The van der Waals surface area contributed by atoms with Gasteiger partial charge in [-0.25, -0.2) is 9.98 Å². The van der Waals surface area contributed by atoms with Crippen LogP contribution in [0.5, 0.6) is 0 Å². The molecule has 3 atom stereocenters. The summed E-state index contributed by atoms with van der Waals surface area (Å²) in [6.07, 6.45) is 15.3. The second-order valence-corrected chi connectivity index (χ2v) is 11.3. The van der Waals surface area contributed by atoms with E-state index in [-0.39, 0.29) is 5.91 Å². The minimum absolute atomic E-state index is 0.0833. The molecule has 2 aromatic rings. The summed E-state index contributed by atoms with van der Waals surface area (Å²) in [7, 11) is 1.76. The summed E-state index contributed by atoms with van der Waals surface area (Å²) < 4.78 is 0. The molecule has 3 N–H and O–H groups in total. The maximum atomic E-state index is 13.4. The molecule has 2 saturated carbocycles. The average Bonchev–Trinajstić information content (AvgIpc) is 3.07. The Morgan fingerprint density at radius 3 is 2.69 bits per heavy atom. The fourth-order valence-corrected chi connectivity index (χ4v) is 6.59. The lowest BCUT2D eigenvalue weighted by Gasteiger charge is -2.35. The number of carbonyl (C=O) groups is 1. The van der Waals surface area contributed by atoms with Crippen molar-refractivity contribution in [3.63, 3.8) is 0 Å². The van der Waals surface area contributed by atoms with Gasteiger partial charge in [0.05, 0.1) is 17.2 Å². The quantitative estimate of drug-likeness (QED) is 0.525. The number of guanidine groups is 1. The number of hydrogen-bond acceptors (Lipinski definition) is 6. The molecule has 2 heterocycles. The average molecular weight is 497 g/mol. The predicted molar refractivity (Wildman–Crippen MR) is 141 cm³/mol. The first-order chi connectivity index (χ1) is 16.9. The molecule has 5 rings (SSSR count). The number of benzene rings is 1. The zero-order chi connectivity index (χ0) is 24.4. The van der Waals surface area contributed by atoms with Crippen molar-refractivity contribution in [2.45, 2.75) is 88.6 Å². The van der Waals surface area contributed by atoms with Gasteiger partial charge in [0.1, 0.15) is 11.4 Å². The molecule has 35 heavy (non-hydrogen) atoms.